The Hall–Kier alpha value is -2.61. The average Bonchev–Trinajstić information content (AvgIpc) is 2.64. The van der Waals surface area contributed by atoms with Gasteiger partial charge in [-0.3, -0.25) is 4.90 Å². The van der Waals surface area contributed by atoms with E-state index in [1.165, 1.54) is 7.11 Å². The van der Waals surface area contributed by atoms with Crippen LogP contribution >= 0.6 is 0 Å². The molecule has 0 saturated carbocycles. The molecule has 8 nitrogen and oxygen atoms in total. The highest BCUT2D eigenvalue weighted by molar-refractivity contribution is 5.61. The fraction of sp³-hybridized carbons (Fsp3) is 0.471. The quantitative estimate of drug-likeness (QED) is 0.748. The van der Waals surface area contributed by atoms with Crippen LogP contribution in [-0.4, -0.2) is 63.7 Å². The maximum atomic E-state index is 11.2. The van der Waals surface area contributed by atoms with Crippen molar-refractivity contribution in [3.05, 3.63) is 29.7 Å². The highest BCUT2D eigenvalue weighted by Crippen LogP contribution is 2.31. The van der Waals surface area contributed by atoms with Crippen molar-refractivity contribution in [2.45, 2.75) is 6.42 Å². The van der Waals surface area contributed by atoms with Gasteiger partial charge < -0.3 is 28.8 Å². The minimum atomic E-state index is -0.847. The lowest BCUT2D eigenvalue weighted by molar-refractivity contribution is 0.0770. The molecule has 1 aliphatic heterocycles. The van der Waals surface area contributed by atoms with Crippen LogP contribution in [0.15, 0.2) is 29.7 Å². The fourth-order valence-electron chi connectivity index (χ4n) is 2.38. The Morgan fingerprint density at radius 1 is 1.20 bits per heavy atom. The molecular weight excluding hydrogens is 330 g/mol. The van der Waals surface area contributed by atoms with Crippen LogP contribution in [-0.2, 0) is 9.47 Å². The van der Waals surface area contributed by atoms with E-state index >= 15 is 0 Å². The second-order valence-corrected chi connectivity index (χ2v) is 5.32. The number of rotatable bonds is 7. The first kappa shape index (κ1) is 18.7. The van der Waals surface area contributed by atoms with E-state index in [9.17, 15) is 9.90 Å². The lowest BCUT2D eigenvalue weighted by Crippen LogP contribution is -2.36. The SMILES string of the molecule is COC(=O)OC1=C(O)CCN(CCOc2cc(OC)ccc2OC)C1. The summed E-state index contributed by atoms with van der Waals surface area (Å²) in [5.41, 5.74) is 0. The van der Waals surface area contributed by atoms with E-state index in [0.29, 0.717) is 49.9 Å². The molecule has 0 amide bonds. The summed E-state index contributed by atoms with van der Waals surface area (Å²) in [6.45, 7) is 1.93. The van der Waals surface area contributed by atoms with Crippen LogP contribution in [0.1, 0.15) is 6.42 Å². The van der Waals surface area contributed by atoms with E-state index in [1.807, 2.05) is 4.90 Å². The molecule has 1 heterocycles. The standard InChI is InChI=1S/C17H23NO7/c1-21-12-4-5-14(22-2)15(10-12)24-9-8-18-7-6-13(19)16(11-18)25-17(20)23-3/h4-5,10,19H,6-9,11H2,1-3H3. The Morgan fingerprint density at radius 3 is 2.68 bits per heavy atom. The van der Waals surface area contributed by atoms with Crippen molar-refractivity contribution in [1.82, 2.24) is 4.90 Å². The van der Waals surface area contributed by atoms with Gasteiger partial charge in [-0.15, -0.1) is 0 Å². The van der Waals surface area contributed by atoms with Gasteiger partial charge in [0.25, 0.3) is 0 Å². The summed E-state index contributed by atoms with van der Waals surface area (Å²) in [7, 11) is 4.38. The normalized spacial score (nSPS) is 14.8. The maximum Gasteiger partial charge on any atom is 0.513 e. The lowest BCUT2D eigenvalue weighted by Gasteiger charge is -2.27. The van der Waals surface area contributed by atoms with E-state index in [2.05, 4.69) is 4.74 Å². The highest BCUT2D eigenvalue weighted by Gasteiger charge is 2.22. The minimum absolute atomic E-state index is 0.0667. The third-order valence-electron chi connectivity index (χ3n) is 3.76. The number of hydrogen-bond donors (Lipinski definition) is 1. The van der Waals surface area contributed by atoms with E-state index in [1.54, 1.807) is 32.4 Å². The zero-order chi connectivity index (χ0) is 18.2. The lowest BCUT2D eigenvalue weighted by atomic mass is 10.2. The molecule has 0 radical (unpaired) electrons. The Balaban J connectivity index is 1.89. The fourth-order valence-corrected chi connectivity index (χ4v) is 2.38. The molecule has 1 aromatic carbocycles. The number of aliphatic hydroxyl groups excluding tert-OH is 1. The molecule has 25 heavy (non-hydrogen) atoms. The third kappa shape index (κ3) is 5.18. The van der Waals surface area contributed by atoms with Gasteiger partial charge in [-0.05, 0) is 12.1 Å². The summed E-state index contributed by atoms with van der Waals surface area (Å²) in [5, 5.41) is 9.82. The van der Waals surface area contributed by atoms with Crippen LogP contribution in [0.4, 0.5) is 4.79 Å². The van der Waals surface area contributed by atoms with Gasteiger partial charge >= 0.3 is 6.16 Å². The summed E-state index contributed by atoms with van der Waals surface area (Å²) >= 11 is 0. The molecule has 8 heteroatoms. The van der Waals surface area contributed by atoms with Crippen LogP contribution < -0.4 is 14.2 Å². The van der Waals surface area contributed by atoms with Crippen LogP contribution in [0.3, 0.4) is 0 Å². The van der Waals surface area contributed by atoms with E-state index in [4.69, 9.17) is 18.9 Å². The van der Waals surface area contributed by atoms with E-state index in [0.717, 1.165) is 0 Å². The second-order valence-electron chi connectivity index (χ2n) is 5.32. The number of carbonyl (C=O) groups excluding carboxylic acids is 1. The van der Waals surface area contributed by atoms with Crippen LogP contribution in [0.25, 0.3) is 0 Å². The molecule has 0 atom stereocenters. The summed E-state index contributed by atoms with van der Waals surface area (Å²) in [6, 6.07) is 5.32. The number of ether oxygens (including phenoxy) is 5. The Kier molecular flexibility index (Phi) is 6.76. The van der Waals surface area contributed by atoms with Gasteiger partial charge in [0.1, 0.15) is 18.1 Å². The van der Waals surface area contributed by atoms with Gasteiger partial charge in [-0.1, -0.05) is 0 Å². The van der Waals surface area contributed by atoms with Gasteiger partial charge in [0.05, 0.1) is 27.9 Å². The number of benzene rings is 1. The van der Waals surface area contributed by atoms with Crippen molar-refractivity contribution in [1.29, 1.82) is 0 Å². The molecule has 0 spiro atoms. The molecule has 0 saturated heterocycles. The summed E-state index contributed by atoms with van der Waals surface area (Å²) in [4.78, 5) is 13.2. The molecule has 1 aliphatic rings. The summed E-state index contributed by atoms with van der Waals surface area (Å²) in [6.07, 6.45) is -0.449. The monoisotopic (exact) mass is 353 g/mol. The van der Waals surface area contributed by atoms with E-state index < -0.39 is 6.16 Å². The molecule has 0 aromatic heterocycles. The number of hydrogen-bond acceptors (Lipinski definition) is 8. The topological polar surface area (TPSA) is 86.7 Å². The molecule has 1 aromatic rings. The molecule has 0 unspecified atom stereocenters. The molecule has 0 aliphatic carbocycles. The zero-order valence-corrected chi connectivity index (χ0v) is 14.6. The number of nitrogens with zero attached hydrogens (tertiary/aromatic N) is 1. The van der Waals surface area contributed by atoms with Crippen molar-refractivity contribution in [3.63, 3.8) is 0 Å². The Bertz CT molecular complexity index is 629. The highest BCUT2D eigenvalue weighted by atomic mass is 16.7. The molecule has 0 bridgehead atoms. The average molecular weight is 353 g/mol. The molecule has 2 rings (SSSR count). The molecular formula is C17H23NO7. The first-order chi connectivity index (χ1) is 12.1. The van der Waals surface area contributed by atoms with Crippen molar-refractivity contribution in [3.8, 4) is 17.2 Å². The van der Waals surface area contributed by atoms with Crippen LogP contribution in [0, 0.1) is 0 Å². The number of aliphatic hydroxyl groups is 1. The van der Waals surface area contributed by atoms with Gasteiger partial charge in [0, 0.05) is 25.6 Å². The Labute approximate surface area is 146 Å². The van der Waals surface area contributed by atoms with Crippen molar-refractivity contribution >= 4 is 6.16 Å². The van der Waals surface area contributed by atoms with Crippen LogP contribution in [0.5, 0.6) is 17.2 Å². The van der Waals surface area contributed by atoms with Gasteiger partial charge in [0.2, 0.25) is 0 Å². The van der Waals surface area contributed by atoms with Gasteiger partial charge in [0.15, 0.2) is 17.3 Å². The molecule has 1 N–H and O–H groups in total. The van der Waals surface area contributed by atoms with Gasteiger partial charge in [-0.2, -0.15) is 0 Å². The van der Waals surface area contributed by atoms with Gasteiger partial charge in [-0.25, -0.2) is 4.79 Å². The smallest absolute Gasteiger partial charge is 0.509 e. The zero-order valence-electron chi connectivity index (χ0n) is 14.6. The number of carbonyl (C=O) groups is 1. The maximum absolute atomic E-state index is 11.2. The predicted molar refractivity (Wildman–Crippen MR) is 89.2 cm³/mol. The number of methoxy groups -OCH3 is 3. The molecule has 0 fully saturated rings. The van der Waals surface area contributed by atoms with Crippen molar-refractivity contribution < 1.29 is 33.6 Å². The minimum Gasteiger partial charge on any atom is -0.509 e. The van der Waals surface area contributed by atoms with Crippen LogP contribution in [0.2, 0.25) is 0 Å². The third-order valence-corrected chi connectivity index (χ3v) is 3.76. The first-order valence-corrected chi connectivity index (χ1v) is 7.81. The summed E-state index contributed by atoms with van der Waals surface area (Å²) < 4.78 is 25.6. The van der Waals surface area contributed by atoms with Crippen molar-refractivity contribution in [2.75, 3.05) is 47.6 Å². The second kappa shape index (κ2) is 9.03. The van der Waals surface area contributed by atoms with Crippen molar-refractivity contribution in [2.24, 2.45) is 0 Å². The first-order valence-electron chi connectivity index (χ1n) is 7.81. The Morgan fingerprint density at radius 2 is 2.00 bits per heavy atom. The predicted octanol–water partition coefficient (Wildman–Crippen LogP) is 2.34. The largest absolute Gasteiger partial charge is 0.513 e. The van der Waals surface area contributed by atoms with E-state index in [-0.39, 0.29) is 11.5 Å². The summed E-state index contributed by atoms with van der Waals surface area (Å²) in [5.74, 6) is 2.15. The molecule has 138 valence electrons.